The lowest BCUT2D eigenvalue weighted by atomic mass is 9.98. The smallest absolute Gasteiger partial charge is 0.317 e. The highest BCUT2D eigenvalue weighted by Crippen LogP contribution is 2.18. The first-order valence-electron chi connectivity index (χ1n) is 8.93. The topological polar surface area (TPSA) is 104 Å². The van der Waals surface area contributed by atoms with E-state index in [-0.39, 0.29) is 30.9 Å². The van der Waals surface area contributed by atoms with E-state index in [9.17, 15) is 19.2 Å². The van der Waals surface area contributed by atoms with Crippen LogP contribution in [0, 0.1) is 5.92 Å². The van der Waals surface area contributed by atoms with E-state index in [0.717, 1.165) is 4.57 Å². The van der Waals surface area contributed by atoms with Gasteiger partial charge in [0.25, 0.3) is 0 Å². The maximum absolute atomic E-state index is 12.8. The van der Waals surface area contributed by atoms with Crippen LogP contribution >= 0.6 is 0 Å². The fourth-order valence-corrected chi connectivity index (χ4v) is 3.37. The number of likely N-dealkylation sites (tertiary alicyclic amines) is 1. The summed E-state index contributed by atoms with van der Waals surface area (Å²) in [4.78, 5) is 55.0. The van der Waals surface area contributed by atoms with E-state index in [1.54, 1.807) is 24.0 Å². The average Bonchev–Trinajstić information content (AvgIpc) is 2.69. The van der Waals surface area contributed by atoms with Gasteiger partial charge < -0.3 is 9.64 Å². The molecule has 144 valence electrons. The molecule has 1 aliphatic heterocycles. The van der Waals surface area contributed by atoms with Crippen molar-refractivity contribution in [1.82, 2.24) is 19.0 Å². The van der Waals surface area contributed by atoms with Gasteiger partial charge in [0.2, 0.25) is 5.91 Å². The van der Waals surface area contributed by atoms with Crippen molar-refractivity contribution < 1.29 is 14.3 Å². The summed E-state index contributed by atoms with van der Waals surface area (Å²) in [6.45, 7) is 2.53. The minimum Gasteiger partial charge on any atom is -0.466 e. The van der Waals surface area contributed by atoms with Crippen molar-refractivity contribution in [2.24, 2.45) is 13.0 Å². The number of carbonyl (C=O) groups excluding carboxylic acids is 2. The fraction of sp³-hybridized carbons (Fsp3) is 0.500. The predicted octanol–water partition coefficient (Wildman–Crippen LogP) is -0.103. The van der Waals surface area contributed by atoms with Gasteiger partial charge in [0.1, 0.15) is 6.54 Å². The Morgan fingerprint density at radius 1 is 1.30 bits per heavy atom. The third kappa shape index (κ3) is 3.62. The first-order valence-corrected chi connectivity index (χ1v) is 8.93. The molecule has 3 rings (SSSR count). The summed E-state index contributed by atoms with van der Waals surface area (Å²) in [5.74, 6) is -0.985. The van der Waals surface area contributed by atoms with Crippen molar-refractivity contribution in [3.05, 3.63) is 39.0 Å². The number of nitrogens with zero attached hydrogens (tertiary/aromatic N) is 4. The second-order valence-corrected chi connectivity index (χ2v) is 6.53. The van der Waals surface area contributed by atoms with E-state index >= 15 is 0 Å². The van der Waals surface area contributed by atoms with Crippen LogP contribution in [0.25, 0.3) is 11.2 Å². The normalized spacial score (nSPS) is 17.1. The highest BCUT2D eigenvalue weighted by Gasteiger charge is 2.29. The molecular formula is C18H22N4O5. The summed E-state index contributed by atoms with van der Waals surface area (Å²) in [7, 11) is 1.47. The Labute approximate surface area is 155 Å². The molecule has 1 saturated heterocycles. The number of hydrogen-bond donors (Lipinski definition) is 0. The van der Waals surface area contributed by atoms with E-state index in [1.165, 1.54) is 17.8 Å². The molecule has 1 fully saturated rings. The third-order valence-corrected chi connectivity index (χ3v) is 4.79. The largest absolute Gasteiger partial charge is 0.466 e. The van der Waals surface area contributed by atoms with Crippen molar-refractivity contribution in [1.29, 1.82) is 0 Å². The number of carbonyl (C=O) groups is 2. The van der Waals surface area contributed by atoms with Crippen molar-refractivity contribution in [2.75, 3.05) is 19.7 Å². The molecule has 9 nitrogen and oxygen atoms in total. The first-order chi connectivity index (χ1) is 12.9. The monoisotopic (exact) mass is 374 g/mol. The van der Waals surface area contributed by atoms with Gasteiger partial charge in [-0.1, -0.05) is 0 Å². The summed E-state index contributed by atoms with van der Waals surface area (Å²) in [6.07, 6.45) is 2.87. The fourth-order valence-electron chi connectivity index (χ4n) is 3.37. The molecular weight excluding hydrogens is 352 g/mol. The second kappa shape index (κ2) is 7.73. The van der Waals surface area contributed by atoms with Gasteiger partial charge in [0.05, 0.1) is 18.0 Å². The maximum atomic E-state index is 12.8. The molecule has 2 aromatic rings. The van der Waals surface area contributed by atoms with E-state index in [0.29, 0.717) is 37.2 Å². The van der Waals surface area contributed by atoms with Gasteiger partial charge >= 0.3 is 17.1 Å². The zero-order valence-corrected chi connectivity index (χ0v) is 15.4. The SMILES string of the molecule is CCOC(=O)[C@H]1CCCN(C(=O)Cn2c(=O)c(=O)n(C)c3ncccc32)C1. The van der Waals surface area contributed by atoms with E-state index in [1.807, 2.05) is 0 Å². The molecule has 9 heteroatoms. The molecule has 0 saturated carbocycles. The summed E-state index contributed by atoms with van der Waals surface area (Å²) >= 11 is 0. The van der Waals surface area contributed by atoms with E-state index < -0.39 is 11.1 Å². The van der Waals surface area contributed by atoms with Crippen molar-refractivity contribution in [3.63, 3.8) is 0 Å². The molecule has 3 heterocycles. The number of fused-ring (bicyclic) bond motifs is 1. The Kier molecular flexibility index (Phi) is 5.38. The molecule has 0 aliphatic carbocycles. The number of piperidine rings is 1. The second-order valence-electron chi connectivity index (χ2n) is 6.53. The molecule has 1 atom stereocenters. The van der Waals surface area contributed by atoms with Gasteiger partial charge in [-0.3, -0.25) is 28.3 Å². The van der Waals surface area contributed by atoms with Crippen LogP contribution in [0.4, 0.5) is 0 Å². The van der Waals surface area contributed by atoms with Crippen molar-refractivity contribution in [3.8, 4) is 0 Å². The Morgan fingerprint density at radius 3 is 2.81 bits per heavy atom. The Hall–Kier alpha value is -2.97. The van der Waals surface area contributed by atoms with E-state index in [4.69, 9.17) is 4.74 Å². The molecule has 0 aromatic carbocycles. The molecule has 0 bridgehead atoms. The standard InChI is InChI=1S/C18H22N4O5/c1-3-27-18(26)12-6-5-9-21(10-12)14(23)11-22-13-7-4-8-19-15(13)20(2)16(24)17(22)25/h4,7-8,12H,3,5-6,9-11H2,1-2H3/t12-/m0/s1. The van der Waals surface area contributed by atoms with Crippen LogP contribution in [0.1, 0.15) is 19.8 Å². The van der Waals surface area contributed by atoms with Crippen molar-refractivity contribution >= 4 is 23.0 Å². The van der Waals surface area contributed by atoms with Crippen LogP contribution < -0.4 is 11.1 Å². The van der Waals surface area contributed by atoms with Gasteiger partial charge in [-0.2, -0.15) is 0 Å². The lowest BCUT2D eigenvalue weighted by molar-refractivity contribution is -0.151. The number of esters is 1. The Morgan fingerprint density at radius 2 is 2.07 bits per heavy atom. The zero-order chi connectivity index (χ0) is 19.6. The van der Waals surface area contributed by atoms with Crippen LogP contribution in [0.15, 0.2) is 27.9 Å². The summed E-state index contributed by atoms with van der Waals surface area (Å²) in [5.41, 5.74) is -0.766. The lowest BCUT2D eigenvalue weighted by Crippen LogP contribution is -2.47. The number of aromatic nitrogens is 3. The summed E-state index contributed by atoms with van der Waals surface area (Å²) < 4.78 is 7.38. The van der Waals surface area contributed by atoms with Gasteiger partial charge in [0.15, 0.2) is 5.65 Å². The molecule has 1 aliphatic rings. The highest BCUT2D eigenvalue weighted by atomic mass is 16.5. The van der Waals surface area contributed by atoms with Gasteiger partial charge in [-0.05, 0) is 31.9 Å². The number of aryl methyl sites for hydroxylation is 1. The first kappa shape index (κ1) is 18.8. The lowest BCUT2D eigenvalue weighted by Gasteiger charge is -2.31. The van der Waals surface area contributed by atoms with Crippen LogP contribution in [0.5, 0.6) is 0 Å². The minimum absolute atomic E-state index is 0.257. The minimum atomic E-state index is -0.773. The van der Waals surface area contributed by atoms with Gasteiger partial charge in [-0.25, -0.2) is 4.98 Å². The molecule has 0 spiro atoms. The van der Waals surface area contributed by atoms with Crippen LogP contribution in [-0.4, -0.2) is 50.6 Å². The quantitative estimate of drug-likeness (QED) is 0.547. The van der Waals surface area contributed by atoms with E-state index in [2.05, 4.69) is 4.98 Å². The summed E-state index contributed by atoms with van der Waals surface area (Å²) in [5, 5.41) is 0. The summed E-state index contributed by atoms with van der Waals surface area (Å²) in [6, 6.07) is 3.29. The van der Waals surface area contributed by atoms with Gasteiger partial charge in [0, 0.05) is 26.3 Å². The molecule has 2 aromatic heterocycles. The number of ether oxygens (including phenoxy) is 1. The van der Waals surface area contributed by atoms with Gasteiger partial charge in [-0.15, -0.1) is 0 Å². The predicted molar refractivity (Wildman–Crippen MR) is 97.2 cm³/mol. The Bertz CT molecular complexity index is 993. The number of amides is 1. The average molecular weight is 374 g/mol. The van der Waals surface area contributed by atoms with Crippen LogP contribution in [0.2, 0.25) is 0 Å². The number of pyridine rings is 1. The molecule has 0 radical (unpaired) electrons. The molecule has 1 amide bonds. The Balaban J connectivity index is 1.87. The van der Waals surface area contributed by atoms with Crippen LogP contribution in [-0.2, 0) is 27.9 Å². The van der Waals surface area contributed by atoms with Crippen molar-refractivity contribution in [2.45, 2.75) is 26.3 Å². The molecule has 0 N–H and O–H groups in total. The maximum Gasteiger partial charge on any atom is 0.317 e. The molecule has 0 unspecified atom stereocenters. The zero-order valence-electron chi connectivity index (χ0n) is 15.4. The molecule has 27 heavy (non-hydrogen) atoms. The number of hydrogen-bond acceptors (Lipinski definition) is 6. The third-order valence-electron chi connectivity index (χ3n) is 4.79. The number of rotatable bonds is 4. The highest BCUT2D eigenvalue weighted by molar-refractivity contribution is 5.80. The van der Waals surface area contributed by atoms with Crippen LogP contribution in [0.3, 0.4) is 0 Å².